The Morgan fingerprint density at radius 3 is 2.54 bits per heavy atom. The number of hydrogen-bond acceptors (Lipinski definition) is 4. The van der Waals surface area contributed by atoms with Gasteiger partial charge in [0, 0.05) is 51.4 Å². The highest BCUT2D eigenvalue weighted by atomic mass is 35.5. The van der Waals surface area contributed by atoms with E-state index in [4.69, 9.17) is 11.6 Å². The number of carbonyl (C=O) groups excluding carboxylic acids is 3. The smallest absolute Gasteiger partial charge is 0.294 e. The maximum absolute atomic E-state index is 13.6. The number of carbonyl (C=O) groups is 3. The van der Waals surface area contributed by atoms with E-state index >= 15 is 0 Å². The number of rotatable bonds is 4. The zero-order valence-electron chi connectivity index (χ0n) is 20.9. The highest BCUT2D eigenvalue weighted by Crippen LogP contribution is 2.31. The number of likely N-dealkylation sites (N-methyl/N-ethyl adjacent to an activating group) is 1. The largest absolute Gasteiger partial charge is 0.350 e. The molecule has 0 N–H and O–H groups in total. The molecule has 5 rings (SSSR count). The van der Waals surface area contributed by atoms with E-state index in [0.717, 1.165) is 22.6 Å². The van der Waals surface area contributed by atoms with Gasteiger partial charge in [-0.25, -0.2) is 9.37 Å². The van der Waals surface area contributed by atoms with Crippen molar-refractivity contribution in [2.45, 2.75) is 20.0 Å². The van der Waals surface area contributed by atoms with Crippen LogP contribution in [0.4, 0.5) is 4.39 Å². The van der Waals surface area contributed by atoms with Gasteiger partial charge < -0.3 is 18.9 Å². The Morgan fingerprint density at radius 1 is 1.08 bits per heavy atom. The first-order chi connectivity index (χ1) is 17.6. The minimum atomic E-state index is -0.651. The molecule has 0 saturated carbocycles. The number of aromatic nitrogens is 3. The fourth-order valence-corrected chi connectivity index (χ4v) is 5.02. The van der Waals surface area contributed by atoms with Crippen LogP contribution in [-0.4, -0.2) is 62.2 Å². The van der Waals surface area contributed by atoms with E-state index in [1.54, 1.807) is 47.1 Å². The molecule has 4 aromatic rings. The number of hydrogen-bond donors (Lipinski definition) is 0. The van der Waals surface area contributed by atoms with Gasteiger partial charge in [0.15, 0.2) is 0 Å². The standard InChI is InChI=1S/C27H25ClFN5O3/c1-15-9-16(29)5-6-18(15)25-30-12-17-13-33(7-8-34(17)25)26(36)20-10-19-21(24(35)27(37)31(2)3)14-32(4)23(19)11-22(20)28/h5-6,9-12,14H,7-8,13H2,1-4H3. The molecule has 1 aliphatic rings. The first kappa shape index (κ1) is 24.7. The van der Waals surface area contributed by atoms with Crippen molar-refractivity contribution in [1.82, 2.24) is 23.9 Å². The number of imidazole rings is 1. The molecule has 0 fully saturated rings. The van der Waals surface area contributed by atoms with Crippen molar-refractivity contribution >= 4 is 40.1 Å². The van der Waals surface area contributed by atoms with Crippen molar-refractivity contribution in [3.8, 4) is 11.4 Å². The van der Waals surface area contributed by atoms with Gasteiger partial charge in [0.2, 0.25) is 0 Å². The Balaban J connectivity index is 1.47. The summed E-state index contributed by atoms with van der Waals surface area (Å²) >= 11 is 6.54. The molecule has 10 heteroatoms. The van der Waals surface area contributed by atoms with Crippen LogP contribution in [0.2, 0.25) is 5.02 Å². The second-order valence-electron chi connectivity index (χ2n) is 9.44. The number of aryl methyl sites for hydroxylation is 2. The lowest BCUT2D eigenvalue weighted by atomic mass is 10.0. The van der Waals surface area contributed by atoms with Crippen LogP contribution >= 0.6 is 11.6 Å². The molecule has 0 unspecified atom stereocenters. The Kier molecular flexibility index (Phi) is 6.11. The zero-order chi connectivity index (χ0) is 26.6. The topological polar surface area (TPSA) is 80.4 Å². The van der Waals surface area contributed by atoms with Crippen LogP contribution in [0.5, 0.6) is 0 Å². The molecule has 0 radical (unpaired) electrons. The van der Waals surface area contributed by atoms with Crippen LogP contribution in [0.25, 0.3) is 22.3 Å². The summed E-state index contributed by atoms with van der Waals surface area (Å²) in [5.41, 5.74) is 3.60. The molecule has 3 heterocycles. The summed E-state index contributed by atoms with van der Waals surface area (Å²) in [7, 11) is 4.78. The lowest BCUT2D eigenvalue weighted by Crippen LogP contribution is -2.38. The van der Waals surface area contributed by atoms with Gasteiger partial charge >= 0.3 is 0 Å². The second kappa shape index (κ2) is 9.15. The molecule has 2 aromatic carbocycles. The third-order valence-corrected chi connectivity index (χ3v) is 7.07. The maximum atomic E-state index is 13.6. The Labute approximate surface area is 217 Å². The van der Waals surface area contributed by atoms with E-state index in [0.29, 0.717) is 30.5 Å². The molecule has 0 aliphatic carbocycles. The number of amides is 2. The second-order valence-corrected chi connectivity index (χ2v) is 9.85. The molecular weight excluding hydrogens is 497 g/mol. The number of nitrogens with zero attached hydrogens (tertiary/aromatic N) is 5. The van der Waals surface area contributed by atoms with Gasteiger partial charge in [0.05, 0.1) is 40.1 Å². The molecule has 37 heavy (non-hydrogen) atoms. The van der Waals surface area contributed by atoms with Crippen LogP contribution in [0.1, 0.15) is 32.0 Å². The Bertz CT molecular complexity index is 1600. The minimum Gasteiger partial charge on any atom is -0.350 e. The van der Waals surface area contributed by atoms with E-state index < -0.39 is 11.7 Å². The van der Waals surface area contributed by atoms with Crippen molar-refractivity contribution in [1.29, 1.82) is 0 Å². The summed E-state index contributed by atoms with van der Waals surface area (Å²) in [6, 6.07) is 7.84. The zero-order valence-corrected chi connectivity index (χ0v) is 21.6. The maximum Gasteiger partial charge on any atom is 0.294 e. The van der Waals surface area contributed by atoms with Crippen LogP contribution in [-0.2, 0) is 24.9 Å². The summed E-state index contributed by atoms with van der Waals surface area (Å²) in [4.78, 5) is 46.2. The van der Waals surface area contributed by atoms with Crippen molar-refractivity contribution < 1.29 is 18.8 Å². The van der Waals surface area contributed by atoms with Gasteiger partial charge in [-0.05, 0) is 42.8 Å². The average Bonchev–Trinajstić information content (AvgIpc) is 3.42. The number of halogens is 2. The van der Waals surface area contributed by atoms with Crippen LogP contribution in [0.15, 0.2) is 42.7 Å². The Hall–Kier alpha value is -3.98. The summed E-state index contributed by atoms with van der Waals surface area (Å²) in [6.45, 7) is 3.09. The van der Waals surface area contributed by atoms with E-state index in [9.17, 15) is 18.8 Å². The quantitative estimate of drug-likeness (QED) is 0.299. The normalized spacial score (nSPS) is 13.1. The third kappa shape index (κ3) is 4.19. The lowest BCUT2D eigenvalue weighted by molar-refractivity contribution is -0.124. The van der Waals surface area contributed by atoms with Crippen molar-refractivity contribution in [3.05, 3.63) is 75.9 Å². The monoisotopic (exact) mass is 521 g/mol. The molecule has 2 amide bonds. The summed E-state index contributed by atoms with van der Waals surface area (Å²) in [6.07, 6.45) is 3.31. The molecule has 8 nitrogen and oxygen atoms in total. The molecule has 0 saturated heterocycles. The lowest BCUT2D eigenvalue weighted by Gasteiger charge is -2.29. The summed E-state index contributed by atoms with van der Waals surface area (Å²) < 4.78 is 17.3. The van der Waals surface area contributed by atoms with Crippen molar-refractivity contribution in [3.63, 3.8) is 0 Å². The minimum absolute atomic E-state index is 0.220. The summed E-state index contributed by atoms with van der Waals surface area (Å²) in [5.74, 6) is -1.14. The van der Waals surface area contributed by atoms with Gasteiger partial charge in [0.25, 0.3) is 17.6 Å². The average molecular weight is 522 g/mol. The van der Waals surface area contributed by atoms with E-state index in [2.05, 4.69) is 4.98 Å². The van der Waals surface area contributed by atoms with Gasteiger partial charge in [-0.1, -0.05) is 11.6 Å². The van der Waals surface area contributed by atoms with Crippen LogP contribution in [0.3, 0.4) is 0 Å². The highest BCUT2D eigenvalue weighted by Gasteiger charge is 2.28. The third-order valence-electron chi connectivity index (χ3n) is 6.75. The molecule has 2 aromatic heterocycles. The van der Waals surface area contributed by atoms with Crippen molar-refractivity contribution in [2.24, 2.45) is 7.05 Å². The molecule has 190 valence electrons. The first-order valence-electron chi connectivity index (χ1n) is 11.7. The highest BCUT2D eigenvalue weighted by molar-refractivity contribution is 6.45. The molecule has 0 bridgehead atoms. The molecule has 1 aliphatic heterocycles. The number of ketones is 1. The number of benzene rings is 2. The first-order valence-corrected chi connectivity index (χ1v) is 12.1. The van der Waals surface area contributed by atoms with Crippen molar-refractivity contribution in [2.75, 3.05) is 20.6 Å². The van der Waals surface area contributed by atoms with Gasteiger partial charge in [-0.2, -0.15) is 0 Å². The number of fused-ring (bicyclic) bond motifs is 2. The fraction of sp³-hybridized carbons (Fsp3) is 0.259. The molecular formula is C27H25ClFN5O3. The predicted octanol–water partition coefficient (Wildman–Crippen LogP) is 4.07. The number of Topliss-reactive ketones (excluding diaryl/α,β-unsaturated/α-hetero) is 1. The SMILES string of the molecule is Cc1cc(F)ccc1-c1ncc2n1CCN(C(=O)c1cc3c(C(=O)C(=O)N(C)C)cn(C)c3cc1Cl)C2. The predicted molar refractivity (Wildman–Crippen MR) is 138 cm³/mol. The summed E-state index contributed by atoms with van der Waals surface area (Å²) in [5, 5.41) is 0.755. The fourth-order valence-electron chi connectivity index (χ4n) is 4.78. The molecule has 0 atom stereocenters. The van der Waals surface area contributed by atoms with Gasteiger partial charge in [-0.15, -0.1) is 0 Å². The van der Waals surface area contributed by atoms with E-state index in [-0.39, 0.29) is 27.9 Å². The van der Waals surface area contributed by atoms with E-state index in [1.165, 1.54) is 31.1 Å². The Morgan fingerprint density at radius 2 is 1.84 bits per heavy atom. The van der Waals surface area contributed by atoms with Gasteiger partial charge in [-0.3, -0.25) is 14.4 Å². The van der Waals surface area contributed by atoms with E-state index in [1.807, 2.05) is 11.5 Å². The van der Waals surface area contributed by atoms with Gasteiger partial charge in [0.1, 0.15) is 11.6 Å². The van der Waals surface area contributed by atoms with Crippen LogP contribution < -0.4 is 0 Å². The van der Waals surface area contributed by atoms with Crippen LogP contribution in [0, 0.1) is 12.7 Å². The molecule has 0 spiro atoms.